The number of amides is 2. The fraction of sp³-hybridized carbons (Fsp3) is 0.312. The lowest BCUT2D eigenvalue weighted by Gasteiger charge is -2.28. The van der Waals surface area contributed by atoms with Gasteiger partial charge < -0.3 is 24.6 Å². The van der Waals surface area contributed by atoms with Gasteiger partial charge in [0.1, 0.15) is 17.0 Å². The van der Waals surface area contributed by atoms with Gasteiger partial charge in [0, 0.05) is 26.2 Å². The number of aromatic nitrogens is 2. The fourth-order valence-electron chi connectivity index (χ4n) is 5.99. The standard InChI is InChI=1S/C32H30FN5O5S/c33-23-17-22-27(39)26(30(40)34-18-21-9-6-12-37(21)32(41)43-19-20-7-2-1-3-8-20)31-38(24-10-4-5-11-25(24)44-31)28(22)35-29(23)36-13-15-42-16-14-36/h1-5,7-8,10-11,17,21H,6,9,12-16,18-19H2,(H,34,40). The molecule has 5 heterocycles. The summed E-state index contributed by atoms with van der Waals surface area (Å²) in [6.45, 7) is 2.70. The molecule has 44 heavy (non-hydrogen) atoms. The molecular formula is C32H30FN5O5S. The van der Waals surface area contributed by atoms with Crippen molar-refractivity contribution in [3.8, 4) is 0 Å². The first kappa shape index (κ1) is 28.2. The Morgan fingerprint density at radius 1 is 1.07 bits per heavy atom. The zero-order valence-electron chi connectivity index (χ0n) is 23.8. The summed E-state index contributed by atoms with van der Waals surface area (Å²) in [5, 5.41) is 2.91. The van der Waals surface area contributed by atoms with E-state index in [-0.39, 0.29) is 36.0 Å². The molecule has 0 saturated carbocycles. The number of fused-ring (bicyclic) bond motifs is 5. The van der Waals surface area contributed by atoms with E-state index >= 15 is 4.39 Å². The molecule has 1 unspecified atom stereocenters. The van der Waals surface area contributed by atoms with E-state index in [1.54, 1.807) is 9.30 Å². The van der Waals surface area contributed by atoms with Gasteiger partial charge in [-0.05, 0) is 36.6 Å². The topological polar surface area (TPSA) is 105 Å². The predicted molar refractivity (Wildman–Crippen MR) is 166 cm³/mol. The van der Waals surface area contributed by atoms with Gasteiger partial charge in [0.2, 0.25) is 5.43 Å². The van der Waals surface area contributed by atoms with Crippen LogP contribution in [0.1, 0.15) is 28.8 Å². The van der Waals surface area contributed by atoms with E-state index in [1.807, 2.05) is 59.5 Å². The second-order valence-corrected chi connectivity index (χ2v) is 11.9. The Morgan fingerprint density at radius 2 is 1.84 bits per heavy atom. The van der Waals surface area contributed by atoms with Gasteiger partial charge in [0.25, 0.3) is 5.91 Å². The summed E-state index contributed by atoms with van der Waals surface area (Å²) in [4.78, 5) is 49.1. The first-order valence-electron chi connectivity index (χ1n) is 14.6. The average Bonchev–Trinajstić information content (AvgIpc) is 3.68. The highest BCUT2D eigenvalue weighted by atomic mass is 32.1. The number of rotatable bonds is 6. The lowest BCUT2D eigenvalue weighted by molar-refractivity contribution is 0.0860. The molecule has 7 rings (SSSR count). The van der Waals surface area contributed by atoms with Crippen LogP contribution in [-0.4, -0.2) is 71.7 Å². The molecule has 5 aromatic rings. The highest BCUT2D eigenvalue weighted by Gasteiger charge is 2.31. The number of thiazole rings is 1. The van der Waals surface area contributed by atoms with Crippen LogP contribution >= 0.6 is 11.3 Å². The van der Waals surface area contributed by atoms with E-state index in [9.17, 15) is 14.4 Å². The summed E-state index contributed by atoms with van der Waals surface area (Å²) >= 11 is 1.31. The summed E-state index contributed by atoms with van der Waals surface area (Å²) < 4.78 is 29.0. The molecule has 2 aliphatic heterocycles. The van der Waals surface area contributed by atoms with Crippen LogP contribution in [-0.2, 0) is 16.1 Å². The summed E-state index contributed by atoms with van der Waals surface area (Å²) in [7, 11) is 0. The number of anilines is 1. The van der Waals surface area contributed by atoms with Gasteiger partial charge in [-0.3, -0.25) is 14.0 Å². The molecule has 2 amide bonds. The van der Waals surface area contributed by atoms with Crippen LogP contribution in [0.3, 0.4) is 0 Å². The molecule has 10 nitrogen and oxygen atoms in total. The smallest absolute Gasteiger partial charge is 0.410 e. The lowest BCUT2D eigenvalue weighted by atomic mass is 10.1. The number of halogens is 1. The predicted octanol–water partition coefficient (Wildman–Crippen LogP) is 4.57. The van der Waals surface area contributed by atoms with E-state index < -0.39 is 23.2 Å². The molecule has 1 atom stereocenters. The van der Waals surface area contributed by atoms with Crippen LogP contribution < -0.4 is 15.6 Å². The number of morpholine rings is 1. The van der Waals surface area contributed by atoms with Gasteiger partial charge in [0.15, 0.2) is 17.3 Å². The van der Waals surface area contributed by atoms with Gasteiger partial charge in [0.05, 0.1) is 34.9 Å². The van der Waals surface area contributed by atoms with Crippen molar-refractivity contribution in [3.63, 3.8) is 0 Å². The van der Waals surface area contributed by atoms with E-state index in [1.165, 1.54) is 17.4 Å². The quantitative estimate of drug-likeness (QED) is 0.299. The first-order valence-corrected chi connectivity index (χ1v) is 15.5. The van der Waals surface area contributed by atoms with Crippen molar-refractivity contribution in [1.29, 1.82) is 0 Å². The molecular weight excluding hydrogens is 585 g/mol. The van der Waals surface area contributed by atoms with Gasteiger partial charge in [-0.25, -0.2) is 14.2 Å². The van der Waals surface area contributed by atoms with Gasteiger partial charge in [-0.1, -0.05) is 42.5 Å². The molecule has 0 spiro atoms. The summed E-state index contributed by atoms with van der Waals surface area (Å²) in [5.74, 6) is -1.05. The second kappa shape index (κ2) is 11.9. The Labute approximate surface area is 255 Å². The average molecular weight is 616 g/mol. The third-order valence-electron chi connectivity index (χ3n) is 8.20. The molecule has 2 aromatic carbocycles. The normalized spacial score (nSPS) is 17.1. The zero-order valence-corrected chi connectivity index (χ0v) is 24.6. The third kappa shape index (κ3) is 5.13. The van der Waals surface area contributed by atoms with Gasteiger partial charge in [-0.2, -0.15) is 0 Å². The number of hydrogen-bond acceptors (Lipinski definition) is 8. The molecule has 2 saturated heterocycles. The Bertz CT molecular complexity index is 1940. The summed E-state index contributed by atoms with van der Waals surface area (Å²) in [6.07, 6.45) is 1.02. The minimum Gasteiger partial charge on any atom is -0.445 e. The minimum atomic E-state index is -0.627. The maximum Gasteiger partial charge on any atom is 0.410 e. The van der Waals surface area contributed by atoms with Crippen molar-refractivity contribution < 1.29 is 23.5 Å². The Morgan fingerprint density at radius 3 is 2.66 bits per heavy atom. The van der Waals surface area contributed by atoms with E-state index in [4.69, 9.17) is 9.47 Å². The third-order valence-corrected chi connectivity index (χ3v) is 9.35. The summed E-state index contributed by atoms with van der Waals surface area (Å²) in [5.41, 5.74) is 1.29. The lowest BCUT2D eigenvalue weighted by Crippen LogP contribution is -2.44. The maximum atomic E-state index is 15.5. The minimum absolute atomic E-state index is 0.0256. The largest absolute Gasteiger partial charge is 0.445 e. The van der Waals surface area contributed by atoms with Gasteiger partial charge in [-0.15, -0.1) is 11.3 Å². The maximum absolute atomic E-state index is 15.5. The molecule has 1 N–H and O–H groups in total. The van der Waals surface area contributed by atoms with E-state index in [2.05, 4.69) is 10.3 Å². The molecule has 2 aliphatic rings. The summed E-state index contributed by atoms with van der Waals surface area (Å²) in [6, 6.07) is 17.9. The monoisotopic (exact) mass is 615 g/mol. The van der Waals surface area contributed by atoms with Crippen LogP contribution in [0, 0.1) is 5.82 Å². The van der Waals surface area contributed by atoms with Crippen molar-refractivity contribution in [1.82, 2.24) is 19.6 Å². The zero-order chi connectivity index (χ0) is 30.2. The number of pyridine rings is 2. The molecule has 2 fully saturated rings. The Balaban J connectivity index is 1.20. The number of benzene rings is 2. The van der Waals surface area contributed by atoms with Gasteiger partial charge >= 0.3 is 6.09 Å². The van der Waals surface area contributed by atoms with Crippen LogP contribution in [0.15, 0.2) is 65.5 Å². The van der Waals surface area contributed by atoms with E-state index in [0.717, 1.165) is 22.2 Å². The second-order valence-electron chi connectivity index (χ2n) is 10.9. The number of carbonyl (C=O) groups excluding carboxylic acids is 2. The first-order chi connectivity index (χ1) is 21.5. The van der Waals surface area contributed by atoms with Crippen molar-refractivity contribution >= 4 is 55.2 Å². The van der Waals surface area contributed by atoms with Crippen LogP contribution in [0.5, 0.6) is 0 Å². The van der Waals surface area contributed by atoms with Crippen molar-refractivity contribution in [2.45, 2.75) is 25.5 Å². The molecule has 226 valence electrons. The number of nitrogens with zero attached hydrogens (tertiary/aromatic N) is 4. The number of ether oxygens (including phenoxy) is 2. The fourth-order valence-corrected chi connectivity index (χ4v) is 7.17. The highest BCUT2D eigenvalue weighted by Crippen LogP contribution is 2.32. The number of likely N-dealkylation sites (tertiary alicyclic amines) is 1. The number of para-hydroxylation sites is 1. The molecule has 0 radical (unpaired) electrons. The number of hydrogen-bond donors (Lipinski definition) is 1. The van der Waals surface area contributed by atoms with Crippen LogP contribution in [0.4, 0.5) is 15.0 Å². The molecule has 0 aliphatic carbocycles. The SMILES string of the molecule is O=C(NCC1CCCN1C(=O)OCc1ccccc1)c1c(=O)c2cc(F)c(N3CCOCC3)nc2n2c1sc1ccccc12. The Kier molecular flexibility index (Phi) is 7.61. The molecule has 12 heteroatoms. The van der Waals surface area contributed by atoms with Crippen molar-refractivity contribution in [2.75, 3.05) is 44.3 Å². The number of nitrogens with one attached hydrogen (secondary N) is 1. The van der Waals surface area contributed by atoms with Crippen molar-refractivity contribution in [3.05, 3.63) is 87.8 Å². The molecule has 0 bridgehead atoms. The van der Waals surface area contributed by atoms with Crippen molar-refractivity contribution in [2.24, 2.45) is 0 Å². The van der Waals surface area contributed by atoms with Crippen LogP contribution in [0.25, 0.3) is 26.1 Å². The highest BCUT2D eigenvalue weighted by molar-refractivity contribution is 7.24. The van der Waals surface area contributed by atoms with E-state index in [0.29, 0.717) is 49.7 Å². The Hall–Kier alpha value is -4.55. The van der Waals surface area contributed by atoms with Crippen LogP contribution in [0.2, 0.25) is 0 Å². The molecule has 3 aromatic heterocycles. The number of carbonyl (C=O) groups is 2.